The van der Waals surface area contributed by atoms with Gasteiger partial charge in [0.1, 0.15) is 0 Å². The monoisotopic (exact) mass is 1270 g/mol. The first-order valence-corrected chi connectivity index (χ1v) is 30.2. The molecule has 84 heavy (non-hydrogen) atoms. The normalized spacial score (nSPS) is 14.9. The predicted octanol–water partition coefficient (Wildman–Crippen LogP) is 13.8. The van der Waals surface area contributed by atoms with Crippen LogP contribution in [0.2, 0.25) is 30.1 Å². The van der Waals surface area contributed by atoms with Crippen LogP contribution in [0.4, 0.5) is 0 Å². The highest BCUT2D eigenvalue weighted by Gasteiger charge is 2.35. The van der Waals surface area contributed by atoms with Crippen LogP contribution < -0.4 is 16.7 Å². The molecule has 0 radical (unpaired) electrons. The van der Waals surface area contributed by atoms with Crippen molar-refractivity contribution in [3.8, 4) is 0 Å². The van der Waals surface area contributed by atoms with E-state index in [9.17, 15) is 28.8 Å². The SMILES string of the molecule is CCC(OC)c1cc(Cl)c2c(c1Cl)C(=O)N(Cc1c(C)cc(C)[nH]c1=O)CC2.CCC(OC)c1cc(Cl)c2c(c1Cl)C(=O)N(Cc1c(C)cc(C)[nH]c1=O)CC2.CCC(OC)c1cc(Cl)c2c(c1Cl)C(=O)N(Cc1c(C)cc(C)[nH]c1=O)CC2. The van der Waals surface area contributed by atoms with Crippen LogP contribution in [0.5, 0.6) is 0 Å². The number of H-pyrrole nitrogens is 3. The number of nitrogens with one attached hydrogen (secondary N) is 3. The summed E-state index contributed by atoms with van der Waals surface area (Å²) >= 11 is 39.4. The van der Waals surface area contributed by atoms with Gasteiger partial charge in [-0.3, -0.25) is 28.8 Å². The zero-order chi connectivity index (χ0) is 61.8. The van der Waals surface area contributed by atoms with Crippen LogP contribution in [0.15, 0.2) is 50.8 Å². The van der Waals surface area contributed by atoms with Crippen molar-refractivity contribution in [1.29, 1.82) is 0 Å². The predicted molar refractivity (Wildman–Crippen MR) is 334 cm³/mol. The van der Waals surface area contributed by atoms with Crippen LogP contribution in [-0.4, -0.2) is 88.3 Å². The van der Waals surface area contributed by atoms with Crippen LogP contribution in [0, 0.1) is 41.5 Å². The number of carbonyl (C=O) groups excluding carboxylic acids is 3. The molecule has 3 aromatic heterocycles. The number of fused-ring (bicyclic) bond motifs is 3. The molecule has 3 aliphatic heterocycles. The van der Waals surface area contributed by atoms with Gasteiger partial charge < -0.3 is 43.9 Å². The average molecular weight is 1270 g/mol. The van der Waals surface area contributed by atoms with Gasteiger partial charge >= 0.3 is 0 Å². The molecule has 21 heteroatoms. The van der Waals surface area contributed by atoms with E-state index in [1.165, 1.54) is 0 Å². The van der Waals surface area contributed by atoms with E-state index in [2.05, 4.69) is 15.0 Å². The van der Waals surface area contributed by atoms with E-state index in [1.54, 1.807) is 54.2 Å². The summed E-state index contributed by atoms with van der Waals surface area (Å²) < 4.78 is 16.5. The lowest BCUT2D eigenvalue weighted by Gasteiger charge is -2.31. The number of hydrogen-bond donors (Lipinski definition) is 3. The van der Waals surface area contributed by atoms with Crippen molar-refractivity contribution in [2.75, 3.05) is 41.0 Å². The number of benzene rings is 3. The summed E-state index contributed by atoms with van der Waals surface area (Å²) in [7, 11) is 4.83. The third kappa shape index (κ3) is 13.9. The van der Waals surface area contributed by atoms with Gasteiger partial charge in [-0.2, -0.15) is 0 Å². The molecule has 6 aromatic rings. The molecule has 0 bridgehead atoms. The summed E-state index contributed by atoms with van der Waals surface area (Å²) in [5.74, 6) is -0.624. The maximum absolute atomic E-state index is 13.3. The highest BCUT2D eigenvalue weighted by molar-refractivity contribution is 6.39. The van der Waals surface area contributed by atoms with E-state index < -0.39 is 0 Å². The first kappa shape index (κ1) is 66.1. The van der Waals surface area contributed by atoms with Crippen molar-refractivity contribution in [2.45, 2.75) is 139 Å². The Bertz CT molecular complexity index is 3320. The van der Waals surface area contributed by atoms with E-state index in [0.29, 0.717) is 122 Å². The molecule has 0 saturated heterocycles. The lowest BCUT2D eigenvalue weighted by atomic mass is 9.93. The van der Waals surface area contributed by atoms with Gasteiger partial charge in [0, 0.05) is 106 Å². The Morgan fingerprint density at radius 1 is 0.417 bits per heavy atom. The van der Waals surface area contributed by atoms with Crippen molar-refractivity contribution in [3.05, 3.63) is 198 Å². The summed E-state index contributed by atoms with van der Waals surface area (Å²) in [4.78, 5) is 90.3. The highest BCUT2D eigenvalue weighted by atomic mass is 35.5. The van der Waals surface area contributed by atoms with Gasteiger partial charge in [0.05, 0.1) is 69.7 Å². The summed E-state index contributed by atoms with van der Waals surface area (Å²) in [6, 6.07) is 11.1. The minimum absolute atomic E-state index is 0.167. The first-order chi connectivity index (χ1) is 39.8. The lowest BCUT2D eigenvalue weighted by Crippen LogP contribution is -2.39. The van der Waals surface area contributed by atoms with E-state index >= 15 is 0 Å². The molecule has 3 aliphatic rings. The van der Waals surface area contributed by atoms with Gasteiger partial charge in [-0.1, -0.05) is 90.4 Å². The fourth-order valence-electron chi connectivity index (χ4n) is 11.5. The number of halogens is 6. The molecule has 15 nitrogen and oxygen atoms in total. The quantitative estimate of drug-likeness (QED) is 0.0899. The van der Waals surface area contributed by atoms with Crippen molar-refractivity contribution in [1.82, 2.24) is 29.7 Å². The molecule has 0 spiro atoms. The number of amides is 3. The third-order valence-electron chi connectivity index (χ3n) is 16.0. The molecule has 0 fully saturated rings. The molecule has 6 heterocycles. The standard InChI is InChI=1S/3C21H24Cl2N2O3/c3*1-5-17(28-4)14-9-16(22)13-6-7-25(21(27)18(13)19(14)23)10-15-11(2)8-12(3)24-20(15)26/h3*8-9,17H,5-7,10H2,1-4H3,(H,24,26). The summed E-state index contributed by atoms with van der Waals surface area (Å²) in [5.41, 5.74) is 12.0. The minimum atomic E-state index is -0.235. The average Bonchev–Trinajstić information content (AvgIpc) is 1.42. The molecule has 3 N–H and O–H groups in total. The Morgan fingerprint density at radius 2 is 0.655 bits per heavy atom. The number of methoxy groups -OCH3 is 3. The Hall–Kier alpha value is -5.46. The second kappa shape index (κ2) is 28.4. The number of aromatic nitrogens is 3. The van der Waals surface area contributed by atoms with Crippen LogP contribution >= 0.6 is 69.6 Å². The minimum Gasteiger partial charge on any atom is -0.377 e. The van der Waals surface area contributed by atoms with Gasteiger partial charge in [-0.25, -0.2) is 0 Å². The molecular formula is C63H72Cl6N6O9. The zero-order valence-electron chi connectivity index (χ0n) is 49.5. The fourth-order valence-corrected chi connectivity index (χ4v) is 13.5. The van der Waals surface area contributed by atoms with Gasteiger partial charge in [0.15, 0.2) is 0 Å². The smallest absolute Gasteiger partial charge is 0.256 e. The number of ether oxygens (including phenoxy) is 3. The van der Waals surface area contributed by atoms with Gasteiger partial charge in [-0.15, -0.1) is 0 Å². The Morgan fingerprint density at radius 3 is 0.857 bits per heavy atom. The van der Waals surface area contributed by atoms with E-state index in [1.807, 2.05) is 80.5 Å². The fraction of sp³-hybridized carbons (Fsp3) is 0.429. The van der Waals surface area contributed by atoms with Crippen LogP contribution in [0.3, 0.4) is 0 Å². The van der Waals surface area contributed by atoms with Gasteiger partial charge in [0.2, 0.25) is 0 Å². The van der Waals surface area contributed by atoms with E-state index in [4.69, 9.17) is 83.8 Å². The molecule has 0 saturated carbocycles. The Labute approximate surface area is 520 Å². The van der Waals surface area contributed by atoms with Crippen molar-refractivity contribution in [3.63, 3.8) is 0 Å². The number of carbonyl (C=O) groups is 3. The van der Waals surface area contributed by atoms with Crippen LogP contribution in [0.25, 0.3) is 0 Å². The lowest BCUT2D eigenvalue weighted by molar-refractivity contribution is 0.0716. The van der Waals surface area contributed by atoms with Crippen LogP contribution in [0.1, 0.15) is 173 Å². The largest absolute Gasteiger partial charge is 0.377 e. The molecule has 3 atom stereocenters. The number of nitrogens with zero attached hydrogens (tertiary/aromatic N) is 3. The van der Waals surface area contributed by atoms with Crippen LogP contribution in [-0.2, 0) is 53.1 Å². The topological polar surface area (TPSA) is 187 Å². The Balaban J connectivity index is 0.000000181. The van der Waals surface area contributed by atoms with Crippen molar-refractivity contribution < 1.29 is 28.6 Å². The maximum atomic E-state index is 13.3. The second-order valence-electron chi connectivity index (χ2n) is 21.5. The zero-order valence-corrected chi connectivity index (χ0v) is 54.0. The molecule has 3 unspecified atom stereocenters. The highest BCUT2D eigenvalue weighted by Crippen LogP contribution is 2.42. The first-order valence-electron chi connectivity index (χ1n) is 27.9. The number of rotatable bonds is 15. The van der Waals surface area contributed by atoms with Gasteiger partial charge in [-0.05, 0) is 150 Å². The van der Waals surface area contributed by atoms with Crippen molar-refractivity contribution >= 4 is 87.3 Å². The number of aromatic amines is 3. The molecule has 3 amide bonds. The Kier molecular flexibility index (Phi) is 22.3. The number of pyridine rings is 3. The van der Waals surface area contributed by atoms with Gasteiger partial charge in [0.25, 0.3) is 34.4 Å². The maximum Gasteiger partial charge on any atom is 0.256 e. The van der Waals surface area contributed by atoms with Crippen molar-refractivity contribution in [2.24, 2.45) is 0 Å². The summed E-state index contributed by atoms with van der Waals surface area (Å²) in [6.07, 6.45) is 3.19. The van der Waals surface area contributed by atoms with E-state index in [0.717, 1.165) is 67.2 Å². The molecular weight excluding hydrogens is 1200 g/mol. The second-order valence-corrected chi connectivity index (χ2v) is 23.9. The number of aryl methyl sites for hydroxylation is 6. The molecule has 450 valence electrons. The molecule has 3 aromatic carbocycles. The van der Waals surface area contributed by atoms with E-state index in [-0.39, 0.29) is 72.3 Å². The molecule has 0 aliphatic carbocycles. The number of hydrogen-bond acceptors (Lipinski definition) is 9. The summed E-state index contributed by atoms with van der Waals surface area (Å²) in [6.45, 7) is 19.3. The summed E-state index contributed by atoms with van der Waals surface area (Å²) in [5, 5.41) is 2.75. The third-order valence-corrected chi connectivity index (χ3v) is 18.2. The molecule has 9 rings (SSSR count).